The predicted octanol–water partition coefficient (Wildman–Crippen LogP) is 4.34. The monoisotopic (exact) mass is 236 g/mol. The Morgan fingerprint density at radius 3 is 1.88 bits per heavy atom. The molecular weight excluding hydrogens is 212 g/mol. The van der Waals surface area contributed by atoms with E-state index in [1.807, 2.05) is 12.1 Å². The third-order valence-electron chi connectivity index (χ3n) is 2.79. The molecule has 0 radical (unpaired) electrons. The highest BCUT2D eigenvalue weighted by Crippen LogP contribution is 2.36. The highest BCUT2D eigenvalue weighted by Gasteiger charge is 2.27. The summed E-state index contributed by atoms with van der Waals surface area (Å²) in [5.74, 6) is 0.739. The topological polar surface area (TPSA) is 18.5 Å². The molecule has 0 saturated heterocycles. The van der Waals surface area contributed by atoms with Gasteiger partial charge < -0.3 is 4.89 Å². The van der Waals surface area contributed by atoms with Gasteiger partial charge in [-0.2, -0.15) is 4.89 Å². The molecule has 0 N–H and O–H groups in total. The van der Waals surface area contributed by atoms with Crippen LogP contribution in [0.5, 0.6) is 5.75 Å². The first kappa shape index (κ1) is 14.0. The maximum atomic E-state index is 4.97. The third-order valence-corrected chi connectivity index (χ3v) is 2.79. The number of hydrogen-bond donors (Lipinski definition) is 0. The van der Waals surface area contributed by atoms with Gasteiger partial charge in [-0.05, 0) is 34.9 Å². The van der Waals surface area contributed by atoms with Crippen LogP contribution in [0.3, 0.4) is 0 Å². The molecule has 0 unspecified atom stereocenters. The van der Waals surface area contributed by atoms with Gasteiger partial charge in [0.05, 0.1) is 7.11 Å². The fourth-order valence-electron chi connectivity index (χ4n) is 2.49. The van der Waals surface area contributed by atoms with Crippen LogP contribution in [0.4, 0.5) is 0 Å². The lowest BCUT2D eigenvalue weighted by Gasteiger charge is -2.33. The molecule has 0 saturated carbocycles. The first-order valence-corrected chi connectivity index (χ1v) is 6.06. The fourth-order valence-corrected chi connectivity index (χ4v) is 2.49. The molecule has 0 aliphatic carbocycles. The Balaban J connectivity index is 2.84. The van der Waals surface area contributed by atoms with E-state index in [1.165, 1.54) is 12.7 Å². The van der Waals surface area contributed by atoms with Crippen LogP contribution in [-0.4, -0.2) is 7.11 Å². The summed E-state index contributed by atoms with van der Waals surface area (Å²) in [4.78, 5) is 9.61. The Morgan fingerprint density at radius 2 is 1.47 bits per heavy atom. The van der Waals surface area contributed by atoms with E-state index in [-0.39, 0.29) is 5.41 Å². The van der Waals surface area contributed by atoms with Gasteiger partial charge in [-0.1, -0.05) is 46.8 Å². The van der Waals surface area contributed by atoms with E-state index in [0.29, 0.717) is 5.41 Å². The van der Waals surface area contributed by atoms with E-state index in [2.05, 4.69) is 51.6 Å². The normalized spacial score (nSPS) is 12.6. The minimum Gasteiger partial charge on any atom is -0.338 e. The van der Waals surface area contributed by atoms with Gasteiger partial charge >= 0.3 is 0 Å². The summed E-state index contributed by atoms with van der Waals surface area (Å²) in [7, 11) is 1.51. The molecule has 96 valence electrons. The van der Waals surface area contributed by atoms with Gasteiger partial charge in [-0.15, -0.1) is 0 Å². The van der Waals surface area contributed by atoms with Crippen molar-refractivity contribution in [3.05, 3.63) is 29.8 Å². The van der Waals surface area contributed by atoms with Crippen LogP contribution >= 0.6 is 0 Å². The maximum absolute atomic E-state index is 4.97. The van der Waals surface area contributed by atoms with Gasteiger partial charge in [0.2, 0.25) is 0 Å². The van der Waals surface area contributed by atoms with Gasteiger partial charge in [0.1, 0.15) is 0 Å². The van der Waals surface area contributed by atoms with Crippen LogP contribution in [0.1, 0.15) is 46.6 Å². The van der Waals surface area contributed by atoms with E-state index >= 15 is 0 Å². The van der Waals surface area contributed by atoms with E-state index in [0.717, 1.165) is 12.2 Å². The SMILES string of the molecule is COOc1ccc(C(C)(C)CC(C)(C)C)cc1. The van der Waals surface area contributed by atoms with Crippen molar-refractivity contribution in [3.8, 4) is 5.75 Å². The average molecular weight is 236 g/mol. The van der Waals surface area contributed by atoms with Crippen molar-refractivity contribution in [1.29, 1.82) is 0 Å². The first-order valence-electron chi connectivity index (χ1n) is 6.06. The van der Waals surface area contributed by atoms with Crippen LogP contribution in [0.25, 0.3) is 0 Å². The highest BCUT2D eigenvalue weighted by molar-refractivity contribution is 5.31. The van der Waals surface area contributed by atoms with Crippen LogP contribution in [0, 0.1) is 5.41 Å². The number of rotatable bonds is 4. The molecule has 1 rings (SSSR count). The second kappa shape index (κ2) is 5.09. The fraction of sp³-hybridized carbons (Fsp3) is 0.600. The van der Waals surface area contributed by atoms with Crippen molar-refractivity contribution < 1.29 is 9.78 Å². The lowest BCUT2D eigenvalue weighted by Crippen LogP contribution is -2.24. The molecule has 0 atom stereocenters. The van der Waals surface area contributed by atoms with E-state index < -0.39 is 0 Å². The molecule has 0 bridgehead atoms. The Kier molecular flexibility index (Phi) is 4.21. The smallest absolute Gasteiger partial charge is 0.165 e. The van der Waals surface area contributed by atoms with Gasteiger partial charge in [0.15, 0.2) is 5.75 Å². The summed E-state index contributed by atoms with van der Waals surface area (Å²) < 4.78 is 0. The van der Waals surface area contributed by atoms with Crippen LogP contribution in [0.2, 0.25) is 0 Å². The van der Waals surface area contributed by atoms with Crippen molar-refractivity contribution >= 4 is 0 Å². The van der Waals surface area contributed by atoms with Crippen LogP contribution < -0.4 is 4.89 Å². The second-order valence-electron chi connectivity index (χ2n) is 6.40. The Hall–Kier alpha value is -1.02. The molecule has 1 aromatic carbocycles. The molecule has 0 aliphatic rings. The number of hydrogen-bond acceptors (Lipinski definition) is 2. The summed E-state index contributed by atoms with van der Waals surface area (Å²) in [6, 6.07) is 8.12. The van der Waals surface area contributed by atoms with Gasteiger partial charge in [0.25, 0.3) is 0 Å². The van der Waals surface area contributed by atoms with Crippen molar-refractivity contribution in [2.24, 2.45) is 5.41 Å². The second-order valence-corrected chi connectivity index (χ2v) is 6.40. The summed E-state index contributed by atoms with van der Waals surface area (Å²) in [6.07, 6.45) is 1.14. The summed E-state index contributed by atoms with van der Waals surface area (Å²) in [5.41, 5.74) is 1.82. The largest absolute Gasteiger partial charge is 0.338 e. The molecule has 0 heterocycles. The predicted molar refractivity (Wildman–Crippen MR) is 71.2 cm³/mol. The van der Waals surface area contributed by atoms with Gasteiger partial charge in [-0.3, -0.25) is 0 Å². The van der Waals surface area contributed by atoms with Crippen molar-refractivity contribution in [1.82, 2.24) is 0 Å². The minimum atomic E-state index is 0.170. The van der Waals surface area contributed by atoms with Gasteiger partial charge in [-0.25, -0.2) is 0 Å². The molecule has 2 heteroatoms. The molecule has 0 aromatic heterocycles. The average Bonchev–Trinajstić information content (AvgIpc) is 2.15. The molecule has 2 nitrogen and oxygen atoms in total. The standard InChI is InChI=1S/C15H24O2/c1-14(2,3)11-15(4,5)12-7-9-13(10-8-12)17-16-6/h7-10H,11H2,1-6H3. The van der Waals surface area contributed by atoms with E-state index in [1.54, 1.807) is 0 Å². The van der Waals surface area contributed by atoms with Crippen LogP contribution in [-0.2, 0) is 10.3 Å². The lowest BCUT2D eigenvalue weighted by atomic mass is 9.72. The summed E-state index contributed by atoms with van der Waals surface area (Å²) in [5, 5.41) is 0. The zero-order valence-electron chi connectivity index (χ0n) is 11.8. The van der Waals surface area contributed by atoms with Crippen LogP contribution in [0.15, 0.2) is 24.3 Å². The van der Waals surface area contributed by atoms with E-state index in [4.69, 9.17) is 4.89 Å². The minimum absolute atomic E-state index is 0.170. The Labute approximate surface area is 105 Å². The maximum Gasteiger partial charge on any atom is 0.165 e. The van der Waals surface area contributed by atoms with Crippen molar-refractivity contribution in [2.45, 2.75) is 46.5 Å². The lowest BCUT2D eigenvalue weighted by molar-refractivity contribution is -0.178. The van der Waals surface area contributed by atoms with Gasteiger partial charge in [0, 0.05) is 0 Å². The van der Waals surface area contributed by atoms with Crippen molar-refractivity contribution in [3.63, 3.8) is 0 Å². The quantitative estimate of drug-likeness (QED) is 0.572. The van der Waals surface area contributed by atoms with E-state index in [9.17, 15) is 0 Å². The molecule has 0 spiro atoms. The number of benzene rings is 1. The zero-order valence-corrected chi connectivity index (χ0v) is 11.8. The Morgan fingerprint density at radius 1 is 0.941 bits per heavy atom. The summed E-state index contributed by atoms with van der Waals surface area (Å²) in [6.45, 7) is 11.4. The molecule has 0 fully saturated rings. The summed E-state index contributed by atoms with van der Waals surface area (Å²) >= 11 is 0. The first-order chi connectivity index (χ1) is 7.74. The zero-order chi connectivity index (χ0) is 13.1. The highest BCUT2D eigenvalue weighted by atomic mass is 17.2. The molecule has 1 aromatic rings. The molecular formula is C15H24O2. The molecule has 0 amide bonds. The van der Waals surface area contributed by atoms with Crippen molar-refractivity contribution in [2.75, 3.05) is 7.11 Å². The molecule has 17 heavy (non-hydrogen) atoms. The third kappa shape index (κ3) is 4.39. The Bertz CT molecular complexity index is 344. The molecule has 0 aliphatic heterocycles.